The molecule has 0 bridgehead atoms. The van der Waals surface area contributed by atoms with Crippen molar-refractivity contribution in [3.8, 4) is 0 Å². The molecule has 0 spiro atoms. The predicted octanol–water partition coefficient (Wildman–Crippen LogP) is 1.30. The van der Waals surface area contributed by atoms with Gasteiger partial charge in [-0.2, -0.15) is 0 Å². The first-order valence-electron chi connectivity index (χ1n) is 8.62. The molecule has 0 unspecified atom stereocenters. The van der Waals surface area contributed by atoms with Crippen molar-refractivity contribution in [3.05, 3.63) is 53.5 Å². The van der Waals surface area contributed by atoms with Crippen molar-refractivity contribution >= 4 is 23.4 Å². The summed E-state index contributed by atoms with van der Waals surface area (Å²) >= 11 is 0. The molecule has 2 aliphatic heterocycles. The Kier molecular flexibility index (Phi) is 4.20. The summed E-state index contributed by atoms with van der Waals surface area (Å²) in [5, 5.41) is 2.79. The number of amides is 3. The van der Waals surface area contributed by atoms with Crippen LogP contribution >= 0.6 is 0 Å². The number of hydrogen-bond acceptors (Lipinski definition) is 4. The van der Waals surface area contributed by atoms with Crippen LogP contribution in [0.5, 0.6) is 0 Å². The van der Waals surface area contributed by atoms with E-state index in [0.29, 0.717) is 44.8 Å². The van der Waals surface area contributed by atoms with Crippen molar-refractivity contribution in [2.24, 2.45) is 0 Å². The van der Waals surface area contributed by atoms with Gasteiger partial charge in [-0.05, 0) is 29.3 Å². The van der Waals surface area contributed by atoms with Gasteiger partial charge in [0.25, 0.3) is 5.91 Å². The summed E-state index contributed by atoms with van der Waals surface area (Å²) in [7, 11) is 0. The van der Waals surface area contributed by atoms with E-state index in [9.17, 15) is 14.4 Å². The van der Waals surface area contributed by atoms with E-state index in [1.165, 1.54) is 6.26 Å². The third-order valence-corrected chi connectivity index (χ3v) is 4.80. The quantitative estimate of drug-likeness (QED) is 0.902. The van der Waals surface area contributed by atoms with Crippen LogP contribution in [0.15, 0.2) is 41.0 Å². The fourth-order valence-electron chi connectivity index (χ4n) is 3.39. The van der Waals surface area contributed by atoms with Gasteiger partial charge >= 0.3 is 0 Å². The largest absolute Gasteiger partial charge is 0.459 e. The molecule has 0 saturated carbocycles. The molecule has 3 amide bonds. The summed E-state index contributed by atoms with van der Waals surface area (Å²) < 4.78 is 5.15. The van der Waals surface area contributed by atoms with E-state index < -0.39 is 0 Å². The molecule has 1 aromatic heterocycles. The topological polar surface area (TPSA) is 82.9 Å². The first kappa shape index (κ1) is 16.4. The van der Waals surface area contributed by atoms with Crippen molar-refractivity contribution < 1.29 is 18.8 Å². The molecule has 1 saturated heterocycles. The predicted molar refractivity (Wildman–Crippen MR) is 93.7 cm³/mol. The van der Waals surface area contributed by atoms with Crippen LogP contribution in [-0.2, 0) is 22.4 Å². The highest BCUT2D eigenvalue weighted by molar-refractivity contribution is 5.99. The van der Waals surface area contributed by atoms with Crippen LogP contribution in [0.1, 0.15) is 21.7 Å². The molecule has 1 fully saturated rings. The Morgan fingerprint density at radius 3 is 2.58 bits per heavy atom. The Balaban J connectivity index is 1.33. The van der Waals surface area contributed by atoms with Gasteiger partial charge in [-0.1, -0.05) is 12.1 Å². The lowest BCUT2D eigenvalue weighted by atomic mass is 10.1. The number of fused-ring (bicyclic) bond motifs is 1. The zero-order valence-corrected chi connectivity index (χ0v) is 14.2. The highest BCUT2D eigenvalue weighted by Crippen LogP contribution is 2.24. The van der Waals surface area contributed by atoms with Crippen LogP contribution in [-0.4, -0.2) is 53.7 Å². The molecule has 2 aliphatic rings. The van der Waals surface area contributed by atoms with Crippen molar-refractivity contribution in [2.75, 3.05) is 31.5 Å². The first-order valence-corrected chi connectivity index (χ1v) is 8.62. The maximum Gasteiger partial charge on any atom is 0.289 e. The van der Waals surface area contributed by atoms with Crippen molar-refractivity contribution in [1.82, 2.24) is 9.80 Å². The molecule has 0 aliphatic carbocycles. The number of rotatable bonds is 3. The Hall–Kier alpha value is -3.09. The number of carbonyl (C=O) groups is 3. The molecule has 26 heavy (non-hydrogen) atoms. The normalized spacial score (nSPS) is 16.4. The van der Waals surface area contributed by atoms with Crippen LogP contribution in [0, 0.1) is 0 Å². The number of furan rings is 1. The second-order valence-corrected chi connectivity index (χ2v) is 6.54. The van der Waals surface area contributed by atoms with Crippen molar-refractivity contribution in [2.45, 2.75) is 12.8 Å². The number of anilines is 1. The van der Waals surface area contributed by atoms with Crippen LogP contribution in [0.2, 0.25) is 0 Å². The number of hydrogen-bond donors (Lipinski definition) is 1. The van der Waals surface area contributed by atoms with Crippen LogP contribution in [0.25, 0.3) is 0 Å². The van der Waals surface area contributed by atoms with Gasteiger partial charge in [0.2, 0.25) is 11.8 Å². The Labute approximate surface area is 150 Å². The van der Waals surface area contributed by atoms with E-state index in [2.05, 4.69) is 5.32 Å². The molecule has 7 heteroatoms. The third kappa shape index (κ3) is 3.20. The van der Waals surface area contributed by atoms with Gasteiger partial charge in [0.05, 0.1) is 19.1 Å². The maximum atomic E-state index is 12.6. The monoisotopic (exact) mass is 353 g/mol. The molecule has 3 heterocycles. The van der Waals surface area contributed by atoms with Gasteiger partial charge in [0.1, 0.15) is 0 Å². The SMILES string of the molecule is O=C1Cc2cc(CC(=O)N3CCN(C(=O)c4ccco4)CC3)ccc2N1. The average Bonchev–Trinajstić information content (AvgIpc) is 3.29. The minimum Gasteiger partial charge on any atom is -0.459 e. The average molecular weight is 353 g/mol. The zero-order chi connectivity index (χ0) is 18.1. The number of nitrogens with zero attached hydrogens (tertiary/aromatic N) is 2. The fourth-order valence-corrected chi connectivity index (χ4v) is 3.39. The molecular weight excluding hydrogens is 334 g/mol. The molecule has 4 rings (SSSR count). The number of nitrogens with one attached hydrogen (secondary N) is 1. The Morgan fingerprint density at radius 2 is 1.85 bits per heavy atom. The Bertz CT molecular complexity index is 852. The number of carbonyl (C=O) groups excluding carboxylic acids is 3. The second kappa shape index (κ2) is 6.67. The van der Waals surface area contributed by atoms with Crippen LogP contribution in [0.4, 0.5) is 5.69 Å². The standard InChI is InChI=1S/C19H19N3O4/c23-17-12-14-10-13(3-4-15(14)20-17)11-18(24)21-5-7-22(8-6-21)19(25)16-2-1-9-26-16/h1-4,9-10H,5-8,11-12H2,(H,20,23). The summed E-state index contributed by atoms with van der Waals surface area (Å²) in [5.74, 6) is 0.206. The lowest BCUT2D eigenvalue weighted by Crippen LogP contribution is -2.50. The minimum atomic E-state index is -0.141. The van der Waals surface area contributed by atoms with Crippen LogP contribution in [0.3, 0.4) is 0 Å². The number of piperazine rings is 1. The van der Waals surface area contributed by atoms with E-state index in [1.54, 1.807) is 21.9 Å². The summed E-state index contributed by atoms with van der Waals surface area (Å²) in [4.78, 5) is 39.7. The molecule has 1 N–H and O–H groups in total. The molecule has 7 nitrogen and oxygen atoms in total. The van der Waals surface area contributed by atoms with E-state index in [4.69, 9.17) is 4.42 Å². The van der Waals surface area contributed by atoms with Gasteiger partial charge in [-0.3, -0.25) is 14.4 Å². The summed E-state index contributed by atoms with van der Waals surface area (Å²) in [6, 6.07) is 8.98. The summed E-state index contributed by atoms with van der Waals surface area (Å²) in [5.41, 5.74) is 2.67. The highest BCUT2D eigenvalue weighted by Gasteiger charge is 2.26. The molecule has 0 radical (unpaired) electrons. The van der Waals surface area contributed by atoms with Gasteiger partial charge in [-0.15, -0.1) is 0 Å². The van der Waals surface area contributed by atoms with E-state index in [1.807, 2.05) is 18.2 Å². The van der Waals surface area contributed by atoms with E-state index >= 15 is 0 Å². The zero-order valence-electron chi connectivity index (χ0n) is 14.2. The van der Waals surface area contributed by atoms with Crippen LogP contribution < -0.4 is 5.32 Å². The summed E-state index contributed by atoms with van der Waals surface area (Å²) in [6.07, 6.45) is 2.14. The van der Waals surface area contributed by atoms with Gasteiger partial charge in [0, 0.05) is 31.9 Å². The molecule has 134 valence electrons. The van der Waals surface area contributed by atoms with Gasteiger partial charge in [0.15, 0.2) is 5.76 Å². The molecule has 0 atom stereocenters. The van der Waals surface area contributed by atoms with Crippen molar-refractivity contribution in [3.63, 3.8) is 0 Å². The second-order valence-electron chi connectivity index (χ2n) is 6.54. The Morgan fingerprint density at radius 1 is 1.08 bits per heavy atom. The van der Waals surface area contributed by atoms with Crippen molar-refractivity contribution in [1.29, 1.82) is 0 Å². The number of benzene rings is 1. The smallest absolute Gasteiger partial charge is 0.289 e. The third-order valence-electron chi connectivity index (χ3n) is 4.80. The minimum absolute atomic E-state index is 0.0131. The highest BCUT2D eigenvalue weighted by atomic mass is 16.3. The van der Waals surface area contributed by atoms with Gasteiger partial charge < -0.3 is 19.5 Å². The van der Waals surface area contributed by atoms with E-state index in [0.717, 1.165) is 16.8 Å². The van der Waals surface area contributed by atoms with E-state index in [-0.39, 0.29) is 17.7 Å². The summed E-state index contributed by atoms with van der Waals surface area (Å²) in [6.45, 7) is 2.01. The fraction of sp³-hybridized carbons (Fsp3) is 0.316. The lowest BCUT2D eigenvalue weighted by Gasteiger charge is -2.34. The van der Waals surface area contributed by atoms with Gasteiger partial charge in [-0.25, -0.2) is 0 Å². The molecular formula is C19H19N3O4. The lowest BCUT2D eigenvalue weighted by molar-refractivity contribution is -0.131. The first-order chi connectivity index (χ1) is 12.6. The molecule has 1 aromatic carbocycles. The molecule has 2 aromatic rings. The maximum absolute atomic E-state index is 12.6.